The van der Waals surface area contributed by atoms with E-state index < -0.39 is 18.9 Å². The van der Waals surface area contributed by atoms with Crippen LogP contribution in [0, 0.1) is 18.3 Å². The first-order valence-electron chi connectivity index (χ1n) is 4.77. The van der Waals surface area contributed by atoms with Crippen LogP contribution in [-0.2, 0) is 0 Å². The van der Waals surface area contributed by atoms with Gasteiger partial charge in [0.05, 0.1) is 17.8 Å². The number of hydrogen-bond donors (Lipinski definition) is 1. The van der Waals surface area contributed by atoms with Crippen LogP contribution in [0.1, 0.15) is 11.1 Å². The second kappa shape index (κ2) is 5.04. The second-order valence-corrected chi connectivity index (χ2v) is 3.58. The maximum Gasteiger partial charge on any atom is 0.324 e. The van der Waals surface area contributed by atoms with Gasteiger partial charge in [-0.3, -0.25) is 0 Å². The van der Waals surface area contributed by atoms with Gasteiger partial charge in [-0.25, -0.2) is 8.78 Å². The van der Waals surface area contributed by atoms with Crippen LogP contribution in [0.2, 0.25) is 0 Å². The summed E-state index contributed by atoms with van der Waals surface area (Å²) in [5, 5.41) is 10.9. The Kier molecular flexibility index (Phi) is 3.94. The van der Waals surface area contributed by atoms with Crippen molar-refractivity contribution in [1.82, 2.24) is 0 Å². The average Bonchev–Trinajstić information content (AvgIpc) is 2.26. The molecule has 6 heteroatoms. The minimum atomic E-state index is -4.11. The highest BCUT2D eigenvalue weighted by Gasteiger charge is 2.40. The van der Waals surface area contributed by atoms with Crippen molar-refractivity contribution in [2.45, 2.75) is 19.3 Å². The summed E-state index contributed by atoms with van der Waals surface area (Å²) in [5.41, 5.74) is 1.01. The molecule has 0 bridgehead atoms. The van der Waals surface area contributed by atoms with E-state index in [0.29, 0.717) is 0 Å². The lowest BCUT2D eigenvalue weighted by Gasteiger charge is -2.17. The first-order chi connectivity index (χ1) is 7.86. The highest BCUT2D eigenvalue weighted by atomic mass is 19.3. The minimum absolute atomic E-state index is 0.132. The van der Waals surface area contributed by atoms with Gasteiger partial charge in [0.2, 0.25) is 0 Å². The Bertz CT molecular complexity index is 438. The van der Waals surface area contributed by atoms with Gasteiger partial charge in [-0.2, -0.15) is 14.0 Å². The van der Waals surface area contributed by atoms with E-state index in [1.165, 1.54) is 12.1 Å². The largest absolute Gasteiger partial charge is 0.378 e. The Morgan fingerprint density at radius 3 is 2.59 bits per heavy atom. The highest BCUT2D eigenvalue weighted by Crippen LogP contribution is 2.24. The molecule has 0 saturated carbocycles. The molecule has 0 aromatic heterocycles. The third kappa shape index (κ3) is 3.34. The number of hydrogen-bond acceptors (Lipinski definition) is 2. The summed E-state index contributed by atoms with van der Waals surface area (Å²) in [4.78, 5) is 0. The Labute approximate surface area is 95.9 Å². The van der Waals surface area contributed by atoms with Gasteiger partial charge in [0.15, 0.2) is 0 Å². The lowest BCUT2D eigenvalue weighted by atomic mass is 10.1. The van der Waals surface area contributed by atoms with Crippen molar-refractivity contribution >= 4 is 5.69 Å². The molecule has 1 aromatic carbocycles. The first kappa shape index (κ1) is 13.3. The van der Waals surface area contributed by atoms with Gasteiger partial charge < -0.3 is 5.32 Å². The predicted octanol–water partition coefficient (Wildman–Crippen LogP) is 3.18. The molecule has 0 radical (unpaired) electrons. The van der Waals surface area contributed by atoms with E-state index in [1.54, 1.807) is 19.1 Å². The fourth-order valence-corrected chi connectivity index (χ4v) is 1.19. The van der Waals surface area contributed by atoms with E-state index in [0.717, 1.165) is 5.56 Å². The molecule has 1 N–H and O–H groups in total. The van der Waals surface area contributed by atoms with Crippen LogP contribution in [0.3, 0.4) is 0 Å². The zero-order chi connectivity index (χ0) is 13.1. The molecule has 0 aliphatic carbocycles. The molecular formula is C11H10F4N2. The Hall–Kier alpha value is -1.77. The number of nitrogens with zero attached hydrogens (tertiary/aromatic N) is 1. The molecule has 0 amide bonds. The van der Waals surface area contributed by atoms with Crippen molar-refractivity contribution in [2.75, 3.05) is 11.9 Å². The van der Waals surface area contributed by atoms with Crippen molar-refractivity contribution in [2.24, 2.45) is 0 Å². The predicted molar refractivity (Wildman–Crippen MR) is 55.3 cm³/mol. The first-order valence-corrected chi connectivity index (χ1v) is 4.77. The van der Waals surface area contributed by atoms with Crippen LogP contribution in [-0.4, -0.2) is 18.9 Å². The van der Waals surface area contributed by atoms with Crippen molar-refractivity contribution in [3.63, 3.8) is 0 Å². The number of nitrogens with one attached hydrogen (secondary N) is 1. The standard InChI is InChI=1S/C11H10F4N2/c1-7-2-3-8(5-16)9(4-7)17-6-11(14,15)10(12)13/h2-4,10,17H,6H2,1H3. The van der Waals surface area contributed by atoms with Crippen LogP contribution in [0.25, 0.3) is 0 Å². The van der Waals surface area contributed by atoms with Crippen LogP contribution in [0.5, 0.6) is 0 Å². The molecule has 0 heterocycles. The third-order valence-corrected chi connectivity index (χ3v) is 2.13. The quantitative estimate of drug-likeness (QED) is 0.828. The smallest absolute Gasteiger partial charge is 0.324 e. The number of aryl methyl sites for hydroxylation is 1. The van der Waals surface area contributed by atoms with Crippen LogP contribution >= 0.6 is 0 Å². The Morgan fingerprint density at radius 1 is 1.41 bits per heavy atom. The van der Waals surface area contributed by atoms with E-state index in [1.807, 2.05) is 0 Å². The van der Waals surface area contributed by atoms with E-state index in [-0.39, 0.29) is 11.3 Å². The molecule has 17 heavy (non-hydrogen) atoms. The Morgan fingerprint density at radius 2 is 2.06 bits per heavy atom. The molecule has 1 rings (SSSR count). The second-order valence-electron chi connectivity index (χ2n) is 3.58. The van der Waals surface area contributed by atoms with Gasteiger partial charge in [0, 0.05) is 0 Å². The zero-order valence-electron chi connectivity index (χ0n) is 8.98. The van der Waals surface area contributed by atoms with Crippen LogP contribution in [0.4, 0.5) is 23.2 Å². The molecule has 2 nitrogen and oxygen atoms in total. The number of halogens is 4. The molecule has 1 aromatic rings. The summed E-state index contributed by atoms with van der Waals surface area (Å²) in [5.74, 6) is -4.11. The average molecular weight is 246 g/mol. The minimum Gasteiger partial charge on any atom is -0.378 e. The number of benzene rings is 1. The number of nitriles is 1. The molecule has 0 unspecified atom stereocenters. The molecule has 92 valence electrons. The van der Waals surface area contributed by atoms with Crippen LogP contribution < -0.4 is 5.32 Å². The van der Waals surface area contributed by atoms with Gasteiger partial charge in [-0.05, 0) is 24.6 Å². The van der Waals surface area contributed by atoms with Gasteiger partial charge in [-0.15, -0.1) is 0 Å². The summed E-state index contributed by atoms with van der Waals surface area (Å²) in [7, 11) is 0. The molecule has 0 aliphatic heterocycles. The van der Waals surface area contributed by atoms with Crippen molar-refractivity contribution < 1.29 is 17.6 Å². The van der Waals surface area contributed by atoms with E-state index >= 15 is 0 Å². The van der Waals surface area contributed by atoms with Crippen LogP contribution in [0.15, 0.2) is 18.2 Å². The summed E-state index contributed by atoms with van der Waals surface area (Å²) in [6.07, 6.45) is -3.73. The Balaban J connectivity index is 2.83. The molecule has 0 fully saturated rings. The fraction of sp³-hybridized carbons (Fsp3) is 0.364. The monoisotopic (exact) mass is 246 g/mol. The SMILES string of the molecule is Cc1ccc(C#N)c(NCC(F)(F)C(F)F)c1. The fourth-order valence-electron chi connectivity index (χ4n) is 1.19. The topological polar surface area (TPSA) is 35.8 Å². The summed E-state index contributed by atoms with van der Waals surface area (Å²) < 4.78 is 49.2. The van der Waals surface area contributed by atoms with Gasteiger partial charge in [-0.1, -0.05) is 6.07 Å². The molecule has 0 spiro atoms. The third-order valence-electron chi connectivity index (χ3n) is 2.13. The van der Waals surface area contributed by atoms with E-state index in [9.17, 15) is 17.6 Å². The van der Waals surface area contributed by atoms with Gasteiger partial charge in [0.1, 0.15) is 6.07 Å². The van der Waals surface area contributed by atoms with Crippen molar-refractivity contribution in [3.8, 4) is 6.07 Å². The van der Waals surface area contributed by atoms with E-state index in [4.69, 9.17) is 5.26 Å². The maximum atomic E-state index is 12.7. The van der Waals surface area contributed by atoms with Crippen molar-refractivity contribution in [3.05, 3.63) is 29.3 Å². The number of rotatable bonds is 4. The van der Waals surface area contributed by atoms with Gasteiger partial charge >= 0.3 is 12.3 Å². The summed E-state index contributed by atoms with van der Waals surface area (Å²) in [6, 6.07) is 6.33. The molecular weight excluding hydrogens is 236 g/mol. The van der Waals surface area contributed by atoms with Crippen molar-refractivity contribution in [1.29, 1.82) is 5.26 Å². The normalized spacial score (nSPS) is 11.4. The summed E-state index contributed by atoms with van der Waals surface area (Å²) in [6.45, 7) is 0.500. The molecule has 0 aliphatic rings. The lowest BCUT2D eigenvalue weighted by molar-refractivity contribution is -0.117. The lowest BCUT2D eigenvalue weighted by Crippen LogP contribution is -2.35. The molecule has 0 saturated heterocycles. The number of anilines is 1. The van der Waals surface area contributed by atoms with Gasteiger partial charge in [0.25, 0.3) is 0 Å². The maximum absolute atomic E-state index is 12.7. The van der Waals surface area contributed by atoms with E-state index in [2.05, 4.69) is 5.32 Å². The molecule has 0 atom stereocenters. The zero-order valence-corrected chi connectivity index (χ0v) is 8.98. The summed E-state index contributed by atoms with van der Waals surface area (Å²) >= 11 is 0. The number of alkyl halides is 4. The highest BCUT2D eigenvalue weighted by molar-refractivity contribution is 5.58.